The number of aromatic hydroxyl groups is 1. The zero-order valence-corrected chi connectivity index (χ0v) is 8.60. The Labute approximate surface area is 83.5 Å². The molecule has 0 saturated carbocycles. The molecule has 1 rings (SSSR count). The maximum atomic E-state index is 9.13. The molecule has 2 N–H and O–H groups in total. The van der Waals surface area contributed by atoms with Gasteiger partial charge in [-0.2, -0.15) is 0 Å². The fourth-order valence-electron chi connectivity index (χ4n) is 1.13. The van der Waals surface area contributed by atoms with Gasteiger partial charge in [0.15, 0.2) is 0 Å². The van der Waals surface area contributed by atoms with Crippen LogP contribution in [0.4, 0.5) is 0 Å². The third-order valence-corrected chi connectivity index (χ3v) is 2.41. The Kier molecular flexibility index (Phi) is 3.58. The van der Waals surface area contributed by atoms with Gasteiger partial charge in [0, 0.05) is 11.1 Å². The van der Waals surface area contributed by atoms with Crippen molar-refractivity contribution in [2.45, 2.75) is 19.4 Å². The number of likely N-dealkylation sites (N-methyl/N-ethyl adjacent to an activating group) is 1. The lowest BCUT2D eigenvalue weighted by Crippen LogP contribution is -2.23. The second kappa shape index (κ2) is 4.49. The van der Waals surface area contributed by atoms with E-state index in [1.165, 1.54) is 0 Å². The molecule has 0 aliphatic rings. The summed E-state index contributed by atoms with van der Waals surface area (Å²) in [6, 6.07) is 5.47. The highest BCUT2D eigenvalue weighted by atomic mass is 35.5. The van der Waals surface area contributed by atoms with E-state index in [1.54, 1.807) is 12.1 Å². The highest BCUT2D eigenvalue weighted by Gasteiger charge is 2.05. The van der Waals surface area contributed by atoms with Crippen LogP contribution in [0.1, 0.15) is 12.5 Å². The van der Waals surface area contributed by atoms with E-state index in [4.69, 9.17) is 16.7 Å². The number of hydrogen-bond acceptors (Lipinski definition) is 2. The third kappa shape index (κ3) is 2.90. The Morgan fingerprint density at radius 1 is 1.54 bits per heavy atom. The minimum absolute atomic E-state index is 0.214. The lowest BCUT2D eigenvalue weighted by Gasteiger charge is -2.11. The maximum absolute atomic E-state index is 9.13. The summed E-state index contributed by atoms with van der Waals surface area (Å²) in [5.41, 5.74) is 1.06. The number of nitrogens with one attached hydrogen (secondary N) is 1. The van der Waals surface area contributed by atoms with Crippen LogP contribution in [0, 0.1) is 0 Å². The molecule has 0 amide bonds. The van der Waals surface area contributed by atoms with Crippen LogP contribution in [0.15, 0.2) is 18.2 Å². The van der Waals surface area contributed by atoms with E-state index in [0.717, 1.165) is 12.0 Å². The lowest BCUT2D eigenvalue weighted by atomic mass is 10.1. The molecule has 0 fully saturated rings. The Morgan fingerprint density at radius 2 is 2.23 bits per heavy atom. The molecular formula is C10H14ClNO. The lowest BCUT2D eigenvalue weighted by molar-refractivity contribution is 0.475. The van der Waals surface area contributed by atoms with Gasteiger partial charge in [0.2, 0.25) is 0 Å². The number of phenols is 1. The summed E-state index contributed by atoms with van der Waals surface area (Å²) >= 11 is 5.94. The standard InChI is InChI=1S/C10H14ClNO/c1-7(12-2)5-8-3-4-9(13)6-10(8)11/h3-4,6-7,12-13H,5H2,1-2H3. The van der Waals surface area contributed by atoms with Crippen LogP contribution in [0.2, 0.25) is 5.02 Å². The van der Waals surface area contributed by atoms with Gasteiger partial charge in [0.05, 0.1) is 0 Å². The first-order valence-electron chi connectivity index (χ1n) is 4.28. The smallest absolute Gasteiger partial charge is 0.117 e. The molecule has 0 saturated heterocycles. The molecule has 0 aliphatic carbocycles. The average molecular weight is 200 g/mol. The van der Waals surface area contributed by atoms with Crippen molar-refractivity contribution in [2.75, 3.05) is 7.05 Å². The van der Waals surface area contributed by atoms with Crippen LogP contribution in [-0.2, 0) is 6.42 Å². The molecule has 0 heterocycles. The van der Waals surface area contributed by atoms with Crippen molar-refractivity contribution in [3.63, 3.8) is 0 Å². The van der Waals surface area contributed by atoms with Gasteiger partial charge in [-0.1, -0.05) is 17.7 Å². The van der Waals surface area contributed by atoms with Crippen LogP contribution in [0.3, 0.4) is 0 Å². The van der Waals surface area contributed by atoms with E-state index in [0.29, 0.717) is 11.1 Å². The molecular weight excluding hydrogens is 186 g/mol. The maximum Gasteiger partial charge on any atom is 0.117 e. The highest BCUT2D eigenvalue weighted by Crippen LogP contribution is 2.22. The highest BCUT2D eigenvalue weighted by molar-refractivity contribution is 6.31. The van der Waals surface area contributed by atoms with Gasteiger partial charge >= 0.3 is 0 Å². The van der Waals surface area contributed by atoms with Crippen molar-refractivity contribution in [2.24, 2.45) is 0 Å². The molecule has 1 unspecified atom stereocenters. The van der Waals surface area contributed by atoms with Crippen molar-refractivity contribution in [3.05, 3.63) is 28.8 Å². The second-order valence-corrected chi connectivity index (χ2v) is 3.58. The van der Waals surface area contributed by atoms with Gasteiger partial charge in [-0.25, -0.2) is 0 Å². The van der Waals surface area contributed by atoms with Crippen LogP contribution in [0.5, 0.6) is 5.75 Å². The van der Waals surface area contributed by atoms with Crippen LogP contribution in [0.25, 0.3) is 0 Å². The Balaban J connectivity index is 2.77. The van der Waals surface area contributed by atoms with E-state index in [1.807, 2.05) is 13.1 Å². The van der Waals surface area contributed by atoms with Crippen molar-refractivity contribution in [1.82, 2.24) is 5.32 Å². The molecule has 1 aromatic rings. The first-order valence-corrected chi connectivity index (χ1v) is 4.66. The Bertz CT molecular complexity index is 288. The van der Waals surface area contributed by atoms with E-state index in [9.17, 15) is 0 Å². The predicted octanol–water partition coefficient (Wildman–Crippen LogP) is 2.20. The SMILES string of the molecule is CNC(C)Cc1ccc(O)cc1Cl. The summed E-state index contributed by atoms with van der Waals surface area (Å²) in [7, 11) is 1.92. The largest absolute Gasteiger partial charge is 0.508 e. The van der Waals surface area contributed by atoms with Crippen LogP contribution >= 0.6 is 11.6 Å². The minimum Gasteiger partial charge on any atom is -0.508 e. The van der Waals surface area contributed by atoms with Gasteiger partial charge in [-0.15, -0.1) is 0 Å². The zero-order chi connectivity index (χ0) is 9.84. The first kappa shape index (κ1) is 10.4. The molecule has 0 bridgehead atoms. The molecule has 3 heteroatoms. The van der Waals surface area contributed by atoms with Gasteiger partial charge in [0.1, 0.15) is 5.75 Å². The molecule has 0 radical (unpaired) electrons. The van der Waals surface area contributed by atoms with Crippen molar-refractivity contribution < 1.29 is 5.11 Å². The molecule has 1 aromatic carbocycles. The molecule has 2 nitrogen and oxygen atoms in total. The number of halogens is 1. The molecule has 0 aromatic heterocycles. The second-order valence-electron chi connectivity index (χ2n) is 3.17. The number of phenolic OH excluding ortho intramolecular Hbond substituents is 1. The van der Waals surface area contributed by atoms with E-state index >= 15 is 0 Å². The fraction of sp³-hybridized carbons (Fsp3) is 0.400. The summed E-state index contributed by atoms with van der Waals surface area (Å²) in [5.74, 6) is 0.214. The van der Waals surface area contributed by atoms with E-state index in [2.05, 4.69) is 12.2 Å². The van der Waals surface area contributed by atoms with Gasteiger partial charge in [0.25, 0.3) is 0 Å². The summed E-state index contributed by atoms with van der Waals surface area (Å²) in [5, 5.41) is 12.9. The topological polar surface area (TPSA) is 32.3 Å². The first-order chi connectivity index (χ1) is 6.13. The van der Waals surface area contributed by atoms with Gasteiger partial charge in [-0.3, -0.25) is 0 Å². The molecule has 0 spiro atoms. The van der Waals surface area contributed by atoms with Crippen molar-refractivity contribution in [3.8, 4) is 5.75 Å². The number of benzene rings is 1. The monoisotopic (exact) mass is 199 g/mol. The van der Waals surface area contributed by atoms with Crippen molar-refractivity contribution >= 4 is 11.6 Å². The Hall–Kier alpha value is -0.730. The minimum atomic E-state index is 0.214. The third-order valence-electron chi connectivity index (χ3n) is 2.06. The molecule has 0 aliphatic heterocycles. The van der Waals surface area contributed by atoms with Crippen molar-refractivity contribution in [1.29, 1.82) is 0 Å². The predicted molar refractivity (Wildman–Crippen MR) is 55.3 cm³/mol. The zero-order valence-electron chi connectivity index (χ0n) is 7.84. The Morgan fingerprint density at radius 3 is 2.77 bits per heavy atom. The number of rotatable bonds is 3. The fourth-order valence-corrected chi connectivity index (χ4v) is 1.39. The summed E-state index contributed by atoms with van der Waals surface area (Å²) in [4.78, 5) is 0. The quantitative estimate of drug-likeness (QED) is 0.783. The van der Waals surface area contributed by atoms with Crippen LogP contribution in [-0.4, -0.2) is 18.2 Å². The van der Waals surface area contributed by atoms with E-state index in [-0.39, 0.29) is 5.75 Å². The summed E-state index contributed by atoms with van der Waals surface area (Å²) < 4.78 is 0. The average Bonchev–Trinajstić information content (AvgIpc) is 2.09. The van der Waals surface area contributed by atoms with Crippen LogP contribution < -0.4 is 5.32 Å². The molecule has 13 heavy (non-hydrogen) atoms. The molecule has 72 valence electrons. The normalized spacial score (nSPS) is 12.8. The van der Waals surface area contributed by atoms with Gasteiger partial charge in [-0.05, 0) is 38.1 Å². The summed E-state index contributed by atoms with van der Waals surface area (Å²) in [6.07, 6.45) is 0.871. The summed E-state index contributed by atoms with van der Waals surface area (Å²) in [6.45, 7) is 2.09. The molecule has 1 atom stereocenters. The van der Waals surface area contributed by atoms with E-state index < -0.39 is 0 Å². The van der Waals surface area contributed by atoms with Gasteiger partial charge < -0.3 is 10.4 Å². The number of hydrogen-bond donors (Lipinski definition) is 2.